The molecule has 2 aromatic rings. The lowest BCUT2D eigenvalue weighted by molar-refractivity contribution is -0.137. The van der Waals surface area contributed by atoms with E-state index in [1.165, 1.54) is 12.1 Å². The van der Waals surface area contributed by atoms with Crippen LogP contribution in [0.5, 0.6) is 0 Å². The number of benzene rings is 1. The minimum absolute atomic E-state index is 0.00360. The van der Waals surface area contributed by atoms with Gasteiger partial charge >= 0.3 is 6.18 Å². The van der Waals surface area contributed by atoms with Gasteiger partial charge in [-0.3, -0.25) is 9.59 Å². The fourth-order valence-corrected chi connectivity index (χ4v) is 5.31. The van der Waals surface area contributed by atoms with Gasteiger partial charge in [-0.1, -0.05) is 12.1 Å². The van der Waals surface area contributed by atoms with E-state index in [0.717, 1.165) is 37.8 Å². The standard InChI is InChI=1S/C26H30F3N3O3/c27-26(28,29)21-4-1-3-20(16-21)22(33)6-7-24(34)32-14-10-19(17-32)15-18-8-11-25(35,12-9-18)23-5-2-13-30-31-23/h1-5,13,16,18-19,35H,6-12,14-15,17H2/t18?,19-,25?/m1/s1. The van der Waals surface area contributed by atoms with Crippen molar-refractivity contribution in [2.75, 3.05) is 13.1 Å². The number of likely N-dealkylation sites (tertiary alicyclic amines) is 1. The molecule has 1 amide bonds. The van der Waals surface area contributed by atoms with Gasteiger partial charge in [0.1, 0.15) is 5.60 Å². The second-order valence-corrected chi connectivity index (χ2v) is 9.82. The van der Waals surface area contributed by atoms with Crippen LogP contribution in [0.4, 0.5) is 13.2 Å². The summed E-state index contributed by atoms with van der Waals surface area (Å²) in [6.07, 6.45) is 1.93. The first kappa shape index (κ1) is 25.3. The van der Waals surface area contributed by atoms with Gasteiger partial charge in [-0.2, -0.15) is 23.4 Å². The predicted octanol–water partition coefficient (Wildman–Crippen LogP) is 4.77. The van der Waals surface area contributed by atoms with Gasteiger partial charge in [0.15, 0.2) is 5.78 Å². The van der Waals surface area contributed by atoms with Crippen LogP contribution in [0.3, 0.4) is 0 Å². The van der Waals surface area contributed by atoms with Gasteiger partial charge < -0.3 is 10.0 Å². The molecule has 1 aliphatic carbocycles. The molecule has 0 spiro atoms. The average Bonchev–Trinajstić information content (AvgIpc) is 3.32. The molecule has 0 bridgehead atoms. The summed E-state index contributed by atoms with van der Waals surface area (Å²) in [6, 6.07) is 7.92. The second kappa shape index (κ2) is 10.4. The first-order valence-corrected chi connectivity index (χ1v) is 12.1. The van der Waals surface area contributed by atoms with Crippen LogP contribution < -0.4 is 0 Å². The highest BCUT2D eigenvalue weighted by atomic mass is 19.4. The largest absolute Gasteiger partial charge is 0.416 e. The number of halogens is 3. The Morgan fingerprint density at radius 1 is 1.06 bits per heavy atom. The third-order valence-electron chi connectivity index (χ3n) is 7.36. The van der Waals surface area contributed by atoms with Crippen LogP contribution in [0, 0.1) is 11.8 Å². The first-order chi connectivity index (χ1) is 16.6. The molecule has 2 heterocycles. The number of aliphatic hydroxyl groups is 1. The van der Waals surface area contributed by atoms with E-state index < -0.39 is 23.1 Å². The Balaban J connectivity index is 1.21. The van der Waals surface area contributed by atoms with Crippen molar-refractivity contribution >= 4 is 11.7 Å². The Morgan fingerprint density at radius 2 is 1.83 bits per heavy atom. The van der Waals surface area contributed by atoms with E-state index in [0.29, 0.717) is 43.5 Å². The number of ketones is 1. The van der Waals surface area contributed by atoms with Gasteiger partial charge in [0.05, 0.1) is 11.3 Å². The molecule has 4 rings (SSSR count). The third kappa shape index (κ3) is 6.25. The van der Waals surface area contributed by atoms with E-state index in [1.807, 2.05) is 6.07 Å². The Hall–Kier alpha value is -2.81. The maximum Gasteiger partial charge on any atom is 0.416 e. The molecule has 1 saturated carbocycles. The minimum Gasteiger partial charge on any atom is -0.383 e. The summed E-state index contributed by atoms with van der Waals surface area (Å²) in [4.78, 5) is 26.8. The van der Waals surface area contributed by atoms with E-state index in [2.05, 4.69) is 10.2 Å². The Labute approximate surface area is 202 Å². The zero-order valence-electron chi connectivity index (χ0n) is 19.5. The Kier molecular flexibility index (Phi) is 7.54. The summed E-state index contributed by atoms with van der Waals surface area (Å²) < 4.78 is 38.6. The van der Waals surface area contributed by atoms with E-state index in [9.17, 15) is 27.9 Å². The van der Waals surface area contributed by atoms with E-state index in [1.54, 1.807) is 17.2 Å². The summed E-state index contributed by atoms with van der Waals surface area (Å²) in [5.41, 5.74) is -1.19. The normalized spacial score (nSPS) is 25.0. The number of nitrogens with zero attached hydrogens (tertiary/aromatic N) is 3. The lowest BCUT2D eigenvalue weighted by atomic mass is 9.74. The van der Waals surface area contributed by atoms with Crippen LogP contribution in [-0.4, -0.2) is 45.0 Å². The molecule has 1 aromatic heterocycles. The molecule has 0 radical (unpaired) electrons. The van der Waals surface area contributed by atoms with Crippen molar-refractivity contribution in [3.05, 3.63) is 59.4 Å². The second-order valence-electron chi connectivity index (χ2n) is 9.82. The lowest BCUT2D eigenvalue weighted by Crippen LogP contribution is -2.33. The molecular weight excluding hydrogens is 459 g/mol. The first-order valence-electron chi connectivity index (χ1n) is 12.1. The number of alkyl halides is 3. The van der Waals surface area contributed by atoms with E-state index >= 15 is 0 Å². The average molecular weight is 490 g/mol. The van der Waals surface area contributed by atoms with Crippen LogP contribution >= 0.6 is 0 Å². The molecule has 1 atom stereocenters. The van der Waals surface area contributed by atoms with Gasteiger partial charge in [-0.15, -0.1) is 0 Å². The molecule has 188 valence electrons. The molecule has 0 unspecified atom stereocenters. The number of rotatable bonds is 7. The summed E-state index contributed by atoms with van der Waals surface area (Å²) >= 11 is 0. The van der Waals surface area contributed by atoms with Crippen molar-refractivity contribution in [2.45, 2.75) is 63.1 Å². The zero-order chi connectivity index (χ0) is 25.1. The van der Waals surface area contributed by atoms with E-state index in [4.69, 9.17) is 0 Å². The molecule has 9 heteroatoms. The predicted molar refractivity (Wildman–Crippen MR) is 122 cm³/mol. The molecular formula is C26H30F3N3O3. The summed E-state index contributed by atoms with van der Waals surface area (Å²) in [7, 11) is 0. The molecule has 1 aromatic carbocycles. The lowest BCUT2D eigenvalue weighted by Gasteiger charge is -2.36. The SMILES string of the molecule is O=C(CCC(=O)N1CC[C@H](CC2CCC(O)(c3cccnn3)CC2)C1)c1cccc(C(F)(F)F)c1. The molecule has 2 fully saturated rings. The van der Waals surface area contributed by atoms with Crippen LogP contribution in [0.2, 0.25) is 0 Å². The van der Waals surface area contributed by atoms with Crippen LogP contribution in [0.25, 0.3) is 0 Å². The number of carbonyl (C=O) groups excluding carboxylic acids is 2. The van der Waals surface area contributed by atoms with Crippen molar-refractivity contribution in [3.63, 3.8) is 0 Å². The van der Waals surface area contributed by atoms with Crippen LogP contribution in [-0.2, 0) is 16.6 Å². The highest BCUT2D eigenvalue weighted by Crippen LogP contribution is 2.41. The van der Waals surface area contributed by atoms with Crippen molar-refractivity contribution in [2.24, 2.45) is 11.8 Å². The van der Waals surface area contributed by atoms with Gasteiger partial charge in [0.25, 0.3) is 0 Å². The minimum atomic E-state index is -4.51. The topological polar surface area (TPSA) is 83.4 Å². The molecule has 2 aliphatic rings. The Bertz CT molecular complexity index is 1040. The van der Waals surface area contributed by atoms with Crippen molar-refractivity contribution in [1.29, 1.82) is 0 Å². The zero-order valence-corrected chi connectivity index (χ0v) is 19.5. The van der Waals surface area contributed by atoms with E-state index in [-0.39, 0.29) is 24.3 Å². The van der Waals surface area contributed by atoms with Gasteiger partial charge in [-0.25, -0.2) is 0 Å². The molecule has 1 saturated heterocycles. The highest BCUT2D eigenvalue weighted by Gasteiger charge is 2.38. The van der Waals surface area contributed by atoms with Crippen LogP contribution in [0.15, 0.2) is 42.6 Å². The van der Waals surface area contributed by atoms with Crippen molar-refractivity contribution in [1.82, 2.24) is 15.1 Å². The maximum absolute atomic E-state index is 12.9. The van der Waals surface area contributed by atoms with Crippen LogP contribution in [0.1, 0.15) is 73.0 Å². The Morgan fingerprint density at radius 3 is 2.51 bits per heavy atom. The summed E-state index contributed by atoms with van der Waals surface area (Å²) in [5.74, 6) is 0.270. The number of hydrogen-bond donors (Lipinski definition) is 1. The number of Topliss-reactive ketones (excluding diaryl/α,β-unsaturated/α-hetero) is 1. The summed E-state index contributed by atoms with van der Waals surface area (Å²) in [5, 5.41) is 18.9. The quantitative estimate of drug-likeness (QED) is 0.567. The monoisotopic (exact) mass is 489 g/mol. The smallest absolute Gasteiger partial charge is 0.383 e. The highest BCUT2D eigenvalue weighted by molar-refractivity contribution is 5.98. The van der Waals surface area contributed by atoms with Gasteiger partial charge in [0.2, 0.25) is 5.91 Å². The van der Waals surface area contributed by atoms with Gasteiger partial charge in [-0.05, 0) is 74.6 Å². The molecule has 35 heavy (non-hydrogen) atoms. The van der Waals surface area contributed by atoms with Gasteiger partial charge in [0, 0.05) is 37.7 Å². The molecule has 6 nitrogen and oxygen atoms in total. The fourth-order valence-electron chi connectivity index (χ4n) is 5.31. The van der Waals surface area contributed by atoms with Crippen molar-refractivity contribution < 1.29 is 27.9 Å². The number of amides is 1. The number of aromatic nitrogens is 2. The van der Waals surface area contributed by atoms with Crippen molar-refractivity contribution in [3.8, 4) is 0 Å². The molecule has 1 aliphatic heterocycles. The molecule has 1 N–H and O–H groups in total. The number of carbonyl (C=O) groups is 2. The third-order valence-corrected chi connectivity index (χ3v) is 7.36. The fraction of sp³-hybridized carbons (Fsp3) is 0.538. The number of hydrogen-bond acceptors (Lipinski definition) is 5. The maximum atomic E-state index is 12.9. The summed E-state index contributed by atoms with van der Waals surface area (Å²) in [6.45, 7) is 1.28.